The Morgan fingerprint density at radius 2 is 1.30 bits per heavy atom. The number of Topliss-reactive ketones (excluding diaryl/α,β-unsaturated/α-hetero) is 1. The third kappa shape index (κ3) is 32.4. The van der Waals surface area contributed by atoms with E-state index >= 15 is 0 Å². The molecule has 1 saturated carbocycles. The molecule has 1 aliphatic carbocycles. The summed E-state index contributed by atoms with van der Waals surface area (Å²) >= 11 is 0. The number of allylic oxidation sites excluding steroid dienone is 3. The monoisotopic (exact) mass is 887 g/mol. The van der Waals surface area contributed by atoms with Crippen LogP contribution in [0.25, 0.3) is 0 Å². The van der Waals surface area contributed by atoms with Gasteiger partial charge in [-0.1, -0.05) is 141 Å². The van der Waals surface area contributed by atoms with E-state index < -0.39 is 50.6 Å². The van der Waals surface area contributed by atoms with Gasteiger partial charge in [0.05, 0.1) is 40.0 Å². The van der Waals surface area contributed by atoms with E-state index in [1.165, 1.54) is 64.2 Å². The maximum atomic E-state index is 12.8. The predicted molar refractivity (Wildman–Crippen MR) is 244 cm³/mol. The zero-order chi connectivity index (χ0) is 45.2. The molecular weight excluding hydrogens is 797 g/mol. The van der Waals surface area contributed by atoms with Crippen LogP contribution >= 0.6 is 7.82 Å². The van der Waals surface area contributed by atoms with Crippen LogP contribution in [-0.4, -0.2) is 103 Å². The van der Waals surface area contributed by atoms with Crippen LogP contribution in [0.15, 0.2) is 24.3 Å². The molecule has 3 N–H and O–H groups in total. The summed E-state index contributed by atoms with van der Waals surface area (Å²) in [5.41, 5.74) is 0. The van der Waals surface area contributed by atoms with Gasteiger partial charge < -0.3 is 29.1 Å². The fraction of sp³-hybridized carbons (Fsp3) is 0.854. The minimum Gasteiger partial charge on any atom is -0.462 e. The first kappa shape index (κ1) is 57.1. The minimum absolute atomic E-state index is 0.00322. The van der Waals surface area contributed by atoms with Crippen molar-refractivity contribution in [2.24, 2.45) is 11.8 Å². The average Bonchev–Trinajstić information content (AvgIpc) is 3.47. The van der Waals surface area contributed by atoms with E-state index in [0.29, 0.717) is 36.7 Å². The highest BCUT2D eigenvalue weighted by molar-refractivity contribution is 7.47. The lowest BCUT2D eigenvalue weighted by molar-refractivity contribution is -0.870. The maximum Gasteiger partial charge on any atom is 0.472 e. The van der Waals surface area contributed by atoms with Crippen molar-refractivity contribution in [3.8, 4) is 0 Å². The third-order valence-electron chi connectivity index (χ3n) is 11.4. The topological polar surface area (TPSA) is 166 Å². The summed E-state index contributed by atoms with van der Waals surface area (Å²) in [6.07, 6.45) is 31.2. The summed E-state index contributed by atoms with van der Waals surface area (Å²) in [6, 6.07) is 0. The number of unbranched alkanes of at least 4 members (excludes halogenated alkanes) is 18. The third-order valence-corrected chi connectivity index (χ3v) is 12.3. The number of carbonyl (C=O) groups excluding carboxylic acids is 3. The number of ether oxygens (including phenoxy) is 2. The molecule has 0 aliphatic heterocycles. The first-order chi connectivity index (χ1) is 29.2. The summed E-state index contributed by atoms with van der Waals surface area (Å²) in [6.45, 7) is 4.05. The number of likely N-dealkylation sites (N-methyl/N-ethyl adjacent to an activating group) is 1. The number of carbonyl (C=O) groups is 3. The second-order valence-corrected chi connectivity index (χ2v) is 19.7. The molecule has 0 aromatic heterocycles. The Balaban J connectivity index is 2.43. The number of aliphatic hydroxyl groups excluding tert-OH is 2. The van der Waals surface area contributed by atoms with Crippen LogP contribution in [0.2, 0.25) is 0 Å². The molecule has 1 fully saturated rings. The number of ketones is 1. The molecule has 0 spiro atoms. The van der Waals surface area contributed by atoms with E-state index in [1.807, 2.05) is 21.1 Å². The Bertz CT molecular complexity index is 1250. The lowest BCUT2D eigenvalue weighted by Gasteiger charge is -2.24. The van der Waals surface area contributed by atoms with E-state index in [1.54, 1.807) is 12.2 Å². The molecule has 0 bridgehead atoms. The minimum atomic E-state index is -4.44. The van der Waals surface area contributed by atoms with Gasteiger partial charge in [-0.15, -0.1) is 0 Å². The van der Waals surface area contributed by atoms with E-state index in [4.69, 9.17) is 18.5 Å². The van der Waals surface area contributed by atoms with Crippen LogP contribution in [0.1, 0.15) is 187 Å². The lowest BCUT2D eigenvalue weighted by Crippen LogP contribution is -2.37. The summed E-state index contributed by atoms with van der Waals surface area (Å²) in [7, 11) is 1.33. The molecule has 1 aliphatic rings. The number of phosphoric ester groups is 1. The first-order valence-electron chi connectivity index (χ1n) is 24.2. The highest BCUT2D eigenvalue weighted by Gasteiger charge is 2.39. The second-order valence-electron chi connectivity index (χ2n) is 18.3. The van der Waals surface area contributed by atoms with Crippen molar-refractivity contribution in [2.45, 2.75) is 206 Å². The number of rotatable bonds is 40. The lowest BCUT2D eigenvalue weighted by atomic mass is 9.88. The van der Waals surface area contributed by atoms with Crippen molar-refractivity contribution in [3.05, 3.63) is 24.3 Å². The van der Waals surface area contributed by atoms with Gasteiger partial charge in [0.15, 0.2) is 6.10 Å². The average molecular weight is 887 g/mol. The van der Waals surface area contributed by atoms with Gasteiger partial charge in [0.25, 0.3) is 0 Å². The molecule has 0 aromatic carbocycles. The van der Waals surface area contributed by atoms with Gasteiger partial charge in [-0.25, -0.2) is 4.57 Å². The molecule has 0 radical (unpaired) electrons. The maximum absolute atomic E-state index is 12.8. The van der Waals surface area contributed by atoms with Crippen LogP contribution in [0.3, 0.4) is 0 Å². The largest absolute Gasteiger partial charge is 0.472 e. The van der Waals surface area contributed by atoms with E-state index in [9.17, 15) is 34.1 Å². The molecule has 61 heavy (non-hydrogen) atoms. The van der Waals surface area contributed by atoms with E-state index in [2.05, 4.69) is 26.0 Å². The molecule has 1 unspecified atom stereocenters. The SMILES string of the molecule is CCCCCCCC/C=C\CCCCCCCCCC(=O)OC[C@H](COP(=O)(O)OCC[N+](C)(C)C)OC(=O)CCCCCC[C@H]1[C@@H](O)CC(=O)[C@@H]1/C=C/[C@@H](O)CCCCC. The molecule has 13 heteroatoms. The van der Waals surface area contributed by atoms with Crippen LogP contribution in [0.5, 0.6) is 0 Å². The number of aliphatic hydroxyl groups is 2. The number of hydrogen-bond donors (Lipinski definition) is 3. The predicted octanol–water partition coefficient (Wildman–Crippen LogP) is 10.5. The summed E-state index contributed by atoms with van der Waals surface area (Å²) in [5, 5.41) is 20.8. The van der Waals surface area contributed by atoms with Gasteiger partial charge in [-0.2, -0.15) is 0 Å². The first-order valence-corrected chi connectivity index (χ1v) is 25.7. The smallest absolute Gasteiger partial charge is 0.462 e. The van der Waals surface area contributed by atoms with E-state index in [0.717, 1.165) is 64.2 Å². The van der Waals surface area contributed by atoms with Crippen molar-refractivity contribution < 1.29 is 57.1 Å². The summed E-state index contributed by atoms with van der Waals surface area (Å²) in [5.74, 6) is -1.54. The summed E-state index contributed by atoms with van der Waals surface area (Å²) in [4.78, 5) is 48.2. The van der Waals surface area contributed by atoms with Crippen molar-refractivity contribution in [1.82, 2.24) is 0 Å². The zero-order valence-electron chi connectivity index (χ0n) is 39.1. The Hall–Kier alpha value is -1.92. The quantitative estimate of drug-likeness (QED) is 0.0176. The van der Waals surface area contributed by atoms with Gasteiger partial charge >= 0.3 is 19.8 Å². The molecule has 1 rings (SSSR count). The van der Waals surface area contributed by atoms with Gasteiger partial charge in [0, 0.05) is 25.2 Å². The number of hydrogen-bond acceptors (Lipinski definition) is 10. The van der Waals surface area contributed by atoms with Crippen LogP contribution in [-0.2, 0) is 37.5 Å². The molecule has 0 amide bonds. The van der Waals surface area contributed by atoms with Gasteiger partial charge in [-0.3, -0.25) is 23.4 Å². The standard InChI is InChI=1S/C48H88NO11P/c1-6-8-10-11-12-13-14-15-16-17-18-19-20-21-22-23-28-32-47(53)57-39-42(40-59-61(55,56)58-37-36-49(3,4)5)60-48(54)33-29-25-24-27-31-43-44(46(52)38-45(43)51)35-34-41(50)30-26-9-7-2/h15-16,34-35,41-45,50-51H,6-14,17-33,36-40H2,1-5H3/p+1/b16-15-,35-34+/t41-,42+,43+,44+,45-/m0/s1. The molecular formula is C48H89NO11P+. The molecule has 12 nitrogen and oxygen atoms in total. The van der Waals surface area contributed by atoms with Gasteiger partial charge in [0.2, 0.25) is 0 Å². The molecule has 0 heterocycles. The Kier molecular flexibility index (Phi) is 33.2. The van der Waals surface area contributed by atoms with Crippen molar-refractivity contribution in [3.63, 3.8) is 0 Å². The molecule has 0 aromatic rings. The number of nitrogens with zero attached hydrogens (tertiary/aromatic N) is 1. The van der Waals surface area contributed by atoms with Crippen molar-refractivity contribution >= 4 is 25.5 Å². The number of esters is 2. The fourth-order valence-electron chi connectivity index (χ4n) is 7.50. The molecule has 356 valence electrons. The number of quaternary nitrogens is 1. The highest BCUT2D eigenvalue weighted by atomic mass is 31.2. The van der Waals surface area contributed by atoms with Crippen LogP contribution in [0, 0.1) is 11.8 Å². The second kappa shape index (κ2) is 35.4. The Morgan fingerprint density at radius 3 is 1.90 bits per heavy atom. The zero-order valence-corrected chi connectivity index (χ0v) is 40.0. The van der Waals surface area contributed by atoms with Crippen molar-refractivity contribution in [1.29, 1.82) is 0 Å². The van der Waals surface area contributed by atoms with Gasteiger partial charge in [0.1, 0.15) is 25.5 Å². The van der Waals surface area contributed by atoms with Gasteiger partial charge in [-0.05, 0) is 57.3 Å². The van der Waals surface area contributed by atoms with Crippen molar-refractivity contribution in [2.75, 3.05) is 47.5 Å². The fourth-order valence-corrected chi connectivity index (χ4v) is 8.24. The normalized spacial score (nSPS) is 19.1. The molecule has 0 saturated heterocycles. The highest BCUT2D eigenvalue weighted by Crippen LogP contribution is 2.43. The van der Waals surface area contributed by atoms with Crippen LogP contribution in [0.4, 0.5) is 0 Å². The van der Waals surface area contributed by atoms with Crippen LogP contribution < -0.4 is 0 Å². The Morgan fingerprint density at radius 1 is 0.754 bits per heavy atom. The Labute approximate surface area is 370 Å². The number of phosphoric acid groups is 1. The van der Waals surface area contributed by atoms with E-state index in [-0.39, 0.29) is 44.2 Å². The summed E-state index contributed by atoms with van der Waals surface area (Å²) < 4.78 is 34.3. The molecule has 6 atom stereocenters.